The van der Waals surface area contributed by atoms with Crippen LogP contribution < -0.4 is 9.46 Å². The molecule has 2 aliphatic rings. The fraction of sp³-hybridized carbons (Fsp3) is 0.208. The van der Waals surface area contributed by atoms with Gasteiger partial charge < -0.3 is 9.84 Å². The van der Waals surface area contributed by atoms with Crippen LogP contribution in [0.15, 0.2) is 71.6 Å². The number of carboxylic acid groups (broad SMARTS) is 1. The average Bonchev–Trinajstić information content (AvgIpc) is 3.31. The molecule has 0 spiro atoms. The minimum atomic E-state index is -3.74. The Hall–Kier alpha value is -3.16. The molecule has 1 aliphatic heterocycles. The van der Waals surface area contributed by atoms with Gasteiger partial charge in [0.2, 0.25) is 10.0 Å². The fourth-order valence-electron chi connectivity index (χ4n) is 4.75. The Labute approximate surface area is 180 Å². The number of sulfonamides is 1. The van der Waals surface area contributed by atoms with Crippen molar-refractivity contribution in [1.82, 2.24) is 4.72 Å². The molecule has 0 radical (unpaired) electrons. The first-order valence-corrected chi connectivity index (χ1v) is 11.6. The first-order valence-electron chi connectivity index (χ1n) is 10.1. The summed E-state index contributed by atoms with van der Waals surface area (Å²) in [5.74, 6) is -0.501. The minimum absolute atomic E-state index is 0.113. The largest absolute Gasteiger partial charge is 0.489 e. The molecular weight excluding hydrogens is 414 g/mol. The van der Waals surface area contributed by atoms with Gasteiger partial charge in [0.15, 0.2) is 0 Å². The van der Waals surface area contributed by atoms with Gasteiger partial charge in [-0.15, -0.1) is 0 Å². The van der Waals surface area contributed by atoms with Crippen LogP contribution in [0.4, 0.5) is 0 Å². The highest BCUT2D eigenvalue weighted by Gasteiger charge is 2.46. The second-order valence-corrected chi connectivity index (χ2v) is 9.58. The zero-order chi connectivity index (χ0) is 21.6. The molecule has 7 heteroatoms. The number of ether oxygens (including phenoxy) is 1. The molecule has 0 bridgehead atoms. The molecule has 3 aromatic carbocycles. The number of nitrogens with one attached hydrogen (secondary N) is 1. The maximum Gasteiger partial charge on any atom is 0.328 e. The Morgan fingerprint density at radius 3 is 2.65 bits per heavy atom. The Morgan fingerprint density at radius 2 is 1.81 bits per heavy atom. The quantitative estimate of drug-likeness (QED) is 0.593. The Morgan fingerprint density at radius 1 is 1.03 bits per heavy atom. The monoisotopic (exact) mass is 435 g/mol. The van der Waals surface area contributed by atoms with Crippen LogP contribution >= 0.6 is 0 Å². The normalized spacial score (nSPS) is 22.4. The summed E-state index contributed by atoms with van der Waals surface area (Å²) >= 11 is 0. The van der Waals surface area contributed by atoms with Gasteiger partial charge in [0.05, 0.1) is 4.90 Å². The van der Waals surface area contributed by atoms with E-state index >= 15 is 0 Å². The topological polar surface area (TPSA) is 92.7 Å². The third-order valence-corrected chi connectivity index (χ3v) is 7.60. The molecule has 3 unspecified atom stereocenters. The Kier molecular flexibility index (Phi) is 4.79. The van der Waals surface area contributed by atoms with Crippen molar-refractivity contribution in [3.05, 3.63) is 77.9 Å². The smallest absolute Gasteiger partial charge is 0.328 e. The van der Waals surface area contributed by atoms with Crippen LogP contribution in [0, 0.1) is 0 Å². The summed E-state index contributed by atoms with van der Waals surface area (Å²) in [5, 5.41) is 10.5. The summed E-state index contributed by atoms with van der Waals surface area (Å²) in [6.45, 7) is 0. The molecule has 1 fully saturated rings. The highest BCUT2D eigenvalue weighted by atomic mass is 32.2. The second kappa shape index (κ2) is 7.51. The summed E-state index contributed by atoms with van der Waals surface area (Å²) in [7, 11) is -3.74. The molecule has 1 saturated carbocycles. The number of fused-ring (bicyclic) bond motifs is 4. The van der Waals surface area contributed by atoms with E-state index in [1.54, 1.807) is 18.2 Å². The van der Waals surface area contributed by atoms with Gasteiger partial charge in [-0.3, -0.25) is 0 Å². The van der Waals surface area contributed by atoms with Gasteiger partial charge in [-0.25, -0.2) is 17.9 Å². The van der Waals surface area contributed by atoms with E-state index in [2.05, 4.69) is 4.72 Å². The van der Waals surface area contributed by atoms with E-state index < -0.39 is 16.0 Å². The lowest BCUT2D eigenvalue weighted by Gasteiger charge is -2.20. The highest BCUT2D eigenvalue weighted by molar-refractivity contribution is 7.89. The van der Waals surface area contributed by atoms with Crippen LogP contribution in [0.1, 0.15) is 29.9 Å². The standard InChI is InChI=1S/C24H21NO5S/c26-22(27)14-11-16-7-3-9-18-23-19(12-13-20(23)30-24(16)18)25-31(28,29)21-10-4-6-15-5-1-2-8-17(15)21/h1-11,14,19-20,23,25H,12-13H2,(H,26,27)/b14-11+. The van der Waals surface area contributed by atoms with E-state index in [0.29, 0.717) is 23.1 Å². The predicted molar refractivity (Wildman–Crippen MR) is 118 cm³/mol. The van der Waals surface area contributed by atoms with Crippen molar-refractivity contribution in [3.63, 3.8) is 0 Å². The number of rotatable bonds is 5. The SMILES string of the molecule is O=C(O)/C=C/c1cccc2c1OC1CCC(NS(=O)(=O)c3cccc4ccccc34)C21. The van der Waals surface area contributed by atoms with Crippen LogP contribution in [0.25, 0.3) is 16.8 Å². The first kappa shape index (κ1) is 19.8. The molecule has 2 N–H and O–H groups in total. The Balaban J connectivity index is 1.48. The lowest BCUT2D eigenvalue weighted by atomic mass is 9.93. The van der Waals surface area contributed by atoms with E-state index in [0.717, 1.165) is 23.4 Å². The van der Waals surface area contributed by atoms with Crippen LogP contribution in [0.5, 0.6) is 5.75 Å². The molecule has 6 nitrogen and oxygen atoms in total. The van der Waals surface area contributed by atoms with Crippen molar-refractivity contribution < 1.29 is 23.1 Å². The molecule has 0 saturated heterocycles. The maximum absolute atomic E-state index is 13.3. The number of para-hydroxylation sites is 1. The number of hydrogen-bond donors (Lipinski definition) is 2. The number of carbonyl (C=O) groups is 1. The summed E-state index contributed by atoms with van der Waals surface area (Å²) in [6.07, 6.45) is 3.86. The summed E-state index contributed by atoms with van der Waals surface area (Å²) < 4.78 is 35.7. The van der Waals surface area contributed by atoms with Crippen molar-refractivity contribution in [3.8, 4) is 5.75 Å². The van der Waals surface area contributed by atoms with Crippen molar-refractivity contribution in [2.45, 2.75) is 35.8 Å². The van der Waals surface area contributed by atoms with Crippen molar-refractivity contribution in [2.75, 3.05) is 0 Å². The van der Waals surface area contributed by atoms with Crippen LogP contribution in [0.3, 0.4) is 0 Å². The van der Waals surface area contributed by atoms with E-state index in [-0.39, 0.29) is 23.0 Å². The zero-order valence-electron chi connectivity index (χ0n) is 16.6. The molecule has 31 heavy (non-hydrogen) atoms. The second-order valence-electron chi connectivity index (χ2n) is 7.90. The maximum atomic E-state index is 13.3. The number of carboxylic acids is 1. The van der Waals surface area contributed by atoms with Gasteiger partial charge in [0.1, 0.15) is 11.9 Å². The predicted octanol–water partition coefficient (Wildman–Crippen LogP) is 3.92. The first-order chi connectivity index (χ1) is 14.9. The fourth-order valence-corrected chi connectivity index (χ4v) is 6.28. The summed E-state index contributed by atoms with van der Waals surface area (Å²) in [5.41, 5.74) is 1.60. The third-order valence-electron chi connectivity index (χ3n) is 6.05. The average molecular weight is 436 g/mol. The van der Waals surface area contributed by atoms with Gasteiger partial charge in [0, 0.05) is 34.5 Å². The van der Waals surface area contributed by atoms with Crippen LogP contribution in [-0.2, 0) is 14.8 Å². The molecule has 0 amide bonds. The van der Waals surface area contributed by atoms with E-state index in [1.165, 1.54) is 6.08 Å². The van der Waals surface area contributed by atoms with Crippen molar-refractivity contribution in [2.24, 2.45) is 0 Å². The van der Waals surface area contributed by atoms with Crippen molar-refractivity contribution >= 4 is 32.8 Å². The lowest BCUT2D eigenvalue weighted by Crippen LogP contribution is -2.37. The van der Waals surface area contributed by atoms with E-state index in [1.807, 2.05) is 42.5 Å². The minimum Gasteiger partial charge on any atom is -0.489 e. The highest BCUT2D eigenvalue weighted by Crippen LogP contribution is 2.49. The Bertz CT molecular complexity index is 1310. The molecule has 5 rings (SSSR count). The number of hydrogen-bond acceptors (Lipinski definition) is 4. The van der Waals surface area contributed by atoms with Gasteiger partial charge in [-0.05, 0) is 30.4 Å². The van der Waals surface area contributed by atoms with Crippen molar-refractivity contribution in [1.29, 1.82) is 0 Å². The van der Waals surface area contributed by atoms with Crippen LogP contribution in [-0.4, -0.2) is 31.6 Å². The number of aliphatic carboxylic acids is 1. The molecule has 1 aliphatic carbocycles. The molecule has 0 aromatic heterocycles. The van der Waals surface area contributed by atoms with Gasteiger partial charge in [-0.2, -0.15) is 0 Å². The molecule has 3 aromatic rings. The zero-order valence-corrected chi connectivity index (χ0v) is 17.4. The van der Waals surface area contributed by atoms with E-state index in [9.17, 15) is 13.2 Å². The third kappa shape index (κ3) is 3.49. The molecular formula is C24H21NO5S. The molecule has 3 atom stereocenters. The summed E-state index contributed by atoms with van der Waals surface area (Å²) in [6, 6.07) is 18.0. The summed E-state index contributed by atoms with van der Waals surface area (Å²) in [4.78, 5) is 11.2. The molecule has 1 heterocycles. The van der Waals surface area contributed by atoms with E-state index in [4.69, 9.17) is 9.84 Å². The van der Waals surface area contributed by atoms with Gasteiger partial charge >= 0.3 is 5.97 Å². The lowest BCUT2D eigenvalue weighted by molar-refractivity contribution is -0.131. The molecule has 158 valence electrons. The van der Waals surface area contributed by atoms with Gasteiger partial charge in [0.25, 0.3) is 0 Å². The van der Waals surface area contributed by atoms with Gasteiger partial charge in [-0.1, -0.05) is 54.6 Å². The number of benzene rings is 3. The van der Waals surface area contributed by atoms with Crippen LogP contribution in [0.2, 0.25) is 0 Å².